The fraction of sp³-hybridized carbons (Fsp3) is 0.556. The number of halogens is 4. The van der Waals surface area contributed by atoms with Gasteiger partial charge in [-0.05, 0) is 60.6 Å². The van der Waals surface area contributed by atoms with Crippen LogP contribution in [0, 0.1) is 5.82 Å². The lowest BCUT2D eigenvalue weighted by atomic mass is 10.1. The van der Waals surface area contributed by atoms with Gasteiger partial charge in [0.1, 0.15) is 16.1 Å². The zero-order valence-corrected chi connectivity index (χ0v) is 17.6. The van der Waals surface area contributed by atoms with E-state index >= 15 is 0 Å². The van der Waals surface area contributed by atoms with Crippen LogP contribution in [0.25, 0.3) is 0 Å². The average molecular weight is 424 g/mol. The normalized spacial score (nSPS) is 14.6. The number of alkyl halides is 3. The van der Waals surface area contributed by atoms with Crippen LogP contribution < -0.4 is 10.1 Å². The summed E-state index contributed by atoms with van der Waals surface area (Å²) < 4.78 is 74.1. The minimum Gasteiger partial charge on any atom is -0.591 e. The highest BCUT2D eigenvalue weighted by molar-refractivity contribution is 7.91. The number of carbonyl (C=O) groups is 1. The molecule has 0 radical (unpaired) electrons. The Hall–Kier alpha value is -1.81. The van der Waals surface area contributed by atoms with Crippen molar-refractivity contribution in [2.45, 2.75) is 64.9 Å². The number of hydrogen-bond donors (Lipinski definition) is 1. The third kappa shape index (κ3) is 6.97. The fourth-order valence-corrected chi connectivity index (χ4v) is 2.46. The van der Waals surface area contributed by atoms with E-state index in [9.17, 15) is 26.9 Å². The van der Waals surface area contributed by atoms with Crippen LogP contribution in [-0.4, -0.2) is 26.6 Å². The molecule has 1 aromatic carbocycles. The van der Waals surface area contributed by atoms with Gasteiger partial charge in [-0.1, -0.05) is 4.40 Å². The first-order chi connectivity index (χ1) is 12.4. The summed E-state index contributed by atoms with van der Waals surface area (Å²) in [5, 5.41) is 2.37. The molecule has 0 saturated heterocycles. The number of carbonyl (C=O) groups excluding carboxylic acids is 1. The highest BCUT2D eigenvalue weighted by Crippen LogP contribution is 2.36. The number of ether oxygens (including phenoxy) is 1. The molecule has 158 valence electrons. The van der Waals surface area contributed by atoms with Gasteiger partial charge in [0.25, 0.3) is 0 Å². The molecule has 28 heavy (non-hydrogen) atoms. The summed E-state index contributed by atoms with van der Waals surface area (Å²) in [5.41, 5.74) is -2.52. The molecule has 1 unspecified atom stereocenters. The van der Waals surface area contributed by atoms with Crippen LogP contribution in [0.3, 0.4) is 0 Å². The second-order valence-corrected chi connectivity index (χ2v) is 10.0. The molecule has 1 aromatic rings. The summed E-state index contributed by atoms with van der Waals surface area (Å²) in [5.74, 6) is -2.62. The Morgan fingerprint density at radius 1 is 1.14 bits per heavy atom. The lowest BCUT2D eigenvalue weighted by Crippen LogP contribution is -2.42. The van der Waals surface area contributed by atoms with Gasteiger partial charge in [0, 0.05) is 11.1 Å². The zero-order chi connectivity index (χ0) is 22.1. The van der Waals surface area contributed by atoms with Crippen LogP contribution in [0.1, 0.15) is 59.6 Å². The van der Waals surface area contributed by atoms with Crippen molar-refractivity contribution in [2.75, 3.05) is 0 Å². The Kier molecular flexibility index (Phi) is 7.17. The van der Waals surface area contributed by atoms with Crippen molar-refractivity contribution in [3.63, 3.8) is 0 Å². The lowest BCUT2D eigenvalue weighted by molar-refractivity contribution is -0.140. The molecule has 5 nitrogen and oxygen atoms in total. The molecule has 0 aliphatic carbocycles. The first-order valence-electron chi connectivity index (χ1n) is 8.30. The van der Waals surface area contributed by atoms with E-state index in [-0.39, 0.29) is 11.3 Å². The molecule has 0 heterocycles. The van der Waals surface area contributed by atoms with E-state index in [0.717, 1.165) is 6.07 Å². The molecule has 0 saturated carbocycles. The van der Waals surface area contributed by atoms with Crippen LogP contribution in [0.15, 0.2) is 16.5 Å². The first-order valence-corrected chi connectivity index (χ1v) is 9.41. The maximum absolute atomic E-state index is 14.3. The van der Waals surface area contributed by atoms with E-state index in [1.54, 1.807) is 41.5 Å². The summed E-state index contributed by atoms with van der Waals surface area (Å²) in [6.45, 7) is 11.2. The van der Waals surface area contributed by atoms with Gasteiger partial charge in [0.15, 0.2) is 11.6 Å². The maximum atomic E-state index is 14.3. The largest absolute Gasteiger partial charge is 0.591 e. The van der Waals surface area contributed by atoms with Crippen LogP contribution in [0.5, 0.6) is 5.75 Å². The number of rotatable bonds is 3. The van der Waals surface area contributed by atoms with Gasteiger partial charge in [-0.25, -0.2) is 9.18 Å². The summed E-state index contributed by atoms with van der Waals surface area (Å²) in [7, 11) is 0. The number of nitrogens with one attached hydrogen (secondary N) is 1. The molecule has 0 aliphatic heterocycles. The maximum Gasteiger partial charge on any atom is 0.419 e. The van der Waals surface area contributed by atoms with E-state index < -0.39 is 51.0 Å². The topological polar surface area (TPSA) is 73.8 Å². The van der Waals surface area contributed by atoms with Gasteiger partial charge >= 0.3 is 12.3 Å². The molecule has 0 aliphatic rings. The third-order valence-corrected chi connectivity index (χ3v) is 4.67. The summed E-state index contributed by atoms with van der Waals surface area (Å²) in [6, 6.07) is 1.47. The van der Waals surface area contributed by atoms with E-state index in [2.05, 4.69) is 9.71 Å². The Bertz CT molecular complexity index is 766. The van der Waals surface area contributed by atoms with E-state index in [1.165, 1.54) is 6.92 Å². The molecule has 0 spiro atoms. The second-order valence-electron chi connectivity index (χ2n) is 8.14. The van der Waals surface area contributed by atoms with Crippen molar-refractivity contribution >= 4 is 23.2 Å². The predicted molar refractivity (Wildman–Crippen MR) is 100 cm³/mol. The minimum absolute atomic E-state index is 0.0140. The molecule has 0 aromatic heterocycles. The molecule has 1 amide bonds. The number of hydrogen-bond acceptors (Lipinski definition) is 4. The predicted octanol–water partition coefficient (Wildman–Crippen LogP) is 5.00. The summed E-state index contributed by atoms with van der Waals surface area (Å²) in [6.07, 6.45) is -6.13. The average Bonchev–Trinajstić information content (AvgIpc) is 2.44. The first kappa shape index (κ1) is 24.2. The van der Waals surface area contributed by atoms with Crippen molar-refractivity contribution in [2.24, 2.45) is 4.40 Å². The Balaban J connectivity index is 3.44. The standard InChI is InChI=1S/C18H24F4N2O3S/c1-10(24-28(26)17(5,6)7)11-8-12(18(20,21)22)14(19)13(9-11)27-15(25)23-16(2,3)4/h8-9H,1-7H3,(H,23,25). The molecule has 0 bridgehead atoms. The van der Waals surface area contributed by atoms with Crippen molar-refractivity contribution in [3.8, 4) is 5.75 Å². The SMILES string of the molecule is CC(=N[S+]([O-])C(C)(C)C)c1cc(OC(=O)NC(C)(C)C)c(F)c(C(F)(F)F)c1. The van der Waals surface area contributed by atoms with E-state index in [0.29, 0.717) is 6.07 Å². The molecule has 1 rings (SSSR count). The van der Waals surface area contributed by atoms with Crippen LogP contribution in [0.2, 0.25) is 0 Å². The van der Waals surface area contributed by atoms with Gasteiger partial charge < -0.3 is 14.6 Å². The lowest BCUT2D eigenvalue weighted by Gasteiger charge is -2.21. The second kappa shape index (κ2) is 8.28. The molecule has 1 atom stereocenters. The van der Waals surface area contributed by atoms with E-state index in [1.807, 2.05) is 0 Å². The molecule has 1 N–H and O–H groups in total. The quantitative estimate of drug-likeness (QED) is 0.421. The summed E-state index contributed by atoms with van der Waals surface area (Å²) in [4.78, 5) is 11.9. The van der Waals surface area contributed by atoms with Gasteiger partial charge in [-0.15, -0.1) is 0 Å². The van der Waals surface area contributed by atoms with E-state index in [4.69, 9.17) is 4.74 Å². The molecule has 10 heteroatoms. The molecule has 0 fully saturated rings. The highest BCUT2D eigenvalue weighted by Gasteiger charge is 2.37. The van der Waals surface area contributed by atoms with Gasteiger partial charge in [0.2, 0.25) is 0 Å². The number of benzene rings is 1. The van der Waals surface area contributed by atoms with Crippen molar-refractivity contribution < 1.29 is 31.6 Å². The Morgan fingerprint density at radius 2 is 1.68 bits per heavy atom. The molecular formula is C18H24F4N2O3S. The zero-order valence-electron chi connectivity index (χ0n) is 16.7. The number of amides is 1. The third-order valence-electron chi connectivity index (χ3n) is 3.19. The van der Waals surface area contributed by atoms with Crippen LogP contribution >= 0.6 is 0 Å². The number of nitrogens with zero attached hydrogens (tertiary/aromatic N) is 1. The van der Waals surface area contributed by atoms with Gasteiger partial charge in [-0.2, -0.15) is 13.2 Å². The minimum atomic E-state index is -5.03. The Morgan fingerprint density at radius 3 is 2.11 bits per heavy atom. The van der Waals surface area contributed by atoms with Gasteiger partial charge in [-0.3, -0.25) is 0 Å². The molecular weight excluding hydrogens is 400 g/mol. The van der Waals surface area contributed by atoms with Gasteiger partial charge in [0.05, 0.1) is 11.3 Å². The monoisotopic (exact) mass is 424 g/mol. The van der Waals surface area contributed by atoms with Crippen LogP contribution in [0.4, 0.5) is 22.4 Å². The highest BCUT2D eigenvalue weighted by atomic mass is 32.2. The van der Waals surface area contributed by atoms with Crippen molar-refractivity contribution in [3.05, 3.63) is 29.1 Å². The fourth-order valence-electron chi connectivity index (χ4n) is 1.83. The van der Waals surface area contributed by atoms with Crippen LogP contribution in [-0.2, 0) is 17.5 Å². The van der Waals surface area contributed by atoms with Crippen molar-refractivity contribution in [1.82, 2.24) is 5.32 Å². The smallest absolute Gasteiger partial charge is 0.419 e. The summed E-state index contributed by atoms with van der Waals surface area (Å²) >= 11 is -1.74. The van der Waals surface area contributed by atoms with Crippen molar-refractivity contribution in [1.29, 1.82) is 0 Å². The Labute approximate surface area is 164 Å².